The number of amides is 1. The lowest BCUT2D eigenvalue weighted by Gasteiger charge is -2.40. The summed E-state index contributed by atoms with van der Waals surface area (Å²) in [7, 11) is 1.75. The predicted molar refractivity (Wildman–Crippen MR) is 174 cm³/mol. The van der Waals surface area contributed by atoms with Gasteiger partial charge in [0.25, 0.3) is 5.91 Å². The van der Waals surface area contributed by atoms with Crippen LogP contribution in [0.2, 0.25) is 0 Å². The topological polar surface area (TPSA) is 144 Å². The number of carboxylic acids is 1. The Morgan fingerprint density at radius 2 is 1.85 bits per heavy atom. The molecule has 1 amide bonds. The summed E-state index contributed by atoms with van der Waals surface area (Å²) in [5.41, 5.74) is 6.27. The van der Waals surface area contributed by atoms with Gasteiger partial charge in [-0.3, -0.25) is 14.5 Å². The Morgan fingerprint density at radius 3 is 2.52 bits per heavy atom. The van der Waals surface area contributed by atoms with Gasteiger partial charge in [-0.25, -0.2) is 14.2 Å². The van der Waals surface area contributed by atoms with Crippen LogP contribution in [0.5, 0.6) is 0 Å². The molecule has 0 spiro atoms. The van der Waals surface area contributed by atoms with E-state index < -0.39 is 17.3 Å². The van der Waals surface area contributed by atoms with Crippen LogP contribution >= 0.6 is 0 Å². The molecule has 234 valence electrons. The molecule has 11 heteroatoms. The molecule has 8 rings (SSSR count). The minimum Gasteiger partial charge on any atom is -0.477 e. The molecule has 2 aromatic carbocycles. The van der Waals surface area contributed by atoms with Crippen LogP contribution in [0, 0.1) is 12.7 Å². The fraction of sp³-hybridized carbons (Fsp3) is 0.314. The lowest BCUT2D eigenvalue weighted by Crippen LogP contribution is -2.51. The van der Waals surface area contributed by atoms with Crippen LogP contribution in [0.1, 0.15) is 88.7 Å². The van der Waals surface area contributed by atoms with Crippen molar-refractivity contribution < 1.29 is 19.1 Å². The van der Waals surface area contributed by atoms with Crippen molar-refractivity contribution in [3.63, 3.8) is 0 Å². The molecule has 0 unspecified atom stereocenters. The lowest BCUT2D eigenvalue weighted by molar-refractivity contribution is 0.0685. The average molecular weight is 620 g/mol. The molecule has 0 aliphatic heterocycles. The molecule has 2 aliphatic carbocycles. The number of carbonyl (C=O) groups is 2. The number of halogens is 1. The summed E-state index contributed by atoms with van der Waals surface area (Å²) in [5.74, 6) is 6.13. The first-order valence-electron chi connectivity index (χ1n) is 15.8. The van der Waals surface area contributed by atoms with Crippen molar-refractivity contribution in [2.45, 2.75) is 63.3 Å². The number of imidazole rings is 1. The van der Waals surface area contributed by atoms with E-state index in [0.717, 1.165) is 83.5 Å². The summed E-state index contributed by atoms with van der Waals surface area (Å²) < 4.78 is 17.0. The number of rotatable bonds is 6. The maximum Gasteiger partial charge on any atom is 0.352 e. The molecule has 0 saturated heterocycles. The number of hydrogen-bond acceptors (Lipinski definition) is 5. The Hall–Kier alpha value is -5.19. The van der Waals surface area contributed by atoms with Crippen LogP contribution in [0.4, 0.5) is 4.39 Å². The molecular formula is C35H34FN7O3. The van der Waals surface area contributed by atoms with E-state index in [1.807, 2.05) is 37.3 Å². The van der Waals surface area contributed by atoms with Crippen molar-refractivity contribution in [3.8, 4) is 11.4 Å². The average Bonchev–Trinajstić information content (AvgIpc) is 3.80. The van der Waals surface area contributed by atoms with Crippen LogP contribution in [-0.2, 0) is 12.6 Å². The number of aromatic nitrogens is 5. The van der Waals surface area contributed by atoms with Gasteiger partial charge in [0.15, 0.2) is 0 Å². The van der Waals surface area contributed by atoms with E-state index in [0.29, 0.717) is 34.1 Å². The second-order valence-electron chi connectivity index (χ2n) is 12.9. The number of benzene rings is 2. The second-order valence-corrected chi connectivity index (χ2v) is 12.9. The van der Waals surface area contributed by atoms with Gasteiger partial charge in [0.2, 0.25) is 0 Å². The minimum atomic E-state index is -0.970. The molecule has 10 nitrogen and oxygen atoms in total. The van der Waals surface area contributed by atoms with E-state index in [1.165, 1.54) is 12.3 Å². The number of pyridine rings is 1. The van der Waals surface area contributed by atoms with Crippen LogP contribution in [-0.4, -0.2) is 41.2 Å². The number of nitrogen functional groups attached to an aromatic ring is 1. The smallest absolute Gasteiger partial charge is 0.352 e. The number of carbonyl (C=O) groups excluding carboxylic acids is 1. The Kier molecular flexibility index (Phi) is 6.25. The summed E-state index contributed by atoms with van der Waals surface area (Å²) in [6, 6.07) is 12.5. The van der Waals surface area contributed by atoms with Gasteiger partial charge in [-0.15, -0.1) is 0 Å². The van der Waals surface area contributed by atoms with Crippen molar-refractivity contribution in [2.24, 2.45) is 7.05 Å². The van der Waals surface area contributed by atoms with Gasteiger partial charge in [0.1, 0.15) is 17.3 Å². The molecule has 4 aromatic heterocycles. The van der Waals surface area contributed by atoms with Gasteiger partial charge in [0, 0.05) is 23.4 Å². The summed E-state index contributed by atoms with van der Waals surface area (Å²) in [4.78, 5) is 38.4. The molecule has 46 heavy (non-hydrogen) atoms. The number of aromatic carboxylic acids is 1. The van der Waals surface area contributed by atoms with Crippen LogP contribution in [0.3, 0.4) is 0 Å². The zero-order chi connectivity index (χ0) is 31.9. The highest BCUT2D eigenvalue weighted by Gasteiger charge is 2.43. The number of nitrogens with zero attached hydrogens (tertiary/aromatic N) is 4. The Bertz CT molecular complexity index is 2160. The van der Waals surface area contributed by atoms with Crippen molar-refractivity contribution in [2.75, 3.05) is 5.84 Å². The molecule has 2 aliphatic rings. The third-order valence-electron chi connectivity index (χ3n) is 10.3. The minimum absolute atomic E-state index is 0.223. The monoisotopic (exact) mass is 619 g/mol. The Morgan fingerprint density at radius 1 is 1.07 bits per heavy atom. The zero-order valence-electron chi connectivity index (χ0n) is 25.7. The van der Waals surface area contributed by atoms with E-state index >= 15 is 0 Å². The molecule has 2 fully saturated rings. The molecule has 5 N–H and O–H groups in total. The maximum absolute atomic E-state index is 13.9. The fourth-order valence-electron chi connectivity index (χ4n) is 7.78. The molecule has 6 aromatic rings. The highest BCUT2D eigenvalue weighted by Crippen LogP contribution is 2.45. The van der Waals surface area contributed by atoms with E-state index in [-0.39, 0.29) is 11.6 Å². The summed E-state index contributed by atoms with van der Waals surface area (Å²) in [6.07, 6.45) is 8.01. The summed E-state index contributed by atoms with van der Waals surface area (Å²) in [6.45, 7) is 1.81. The van der Waals surface area contributed by atoms with Gasteiger partial charge in [-0.2, -0.15) is 0 Å². The number of nitrogens with one attached hydrogen (secondary N) is 2. The van der Waals surface area contributed by atoms with Gasteiger partial charge >= 0.3 is 5.97 Å². The second kappa shape index (κ2) is 10.2. The number of carboxylic acid groups (broad SMARTS) is 1. The van der Waals surface area contributed by atoms with E-state index in [9.17, 15) is 19.1 Å². The first kappa shape index (κ1) is 28.3. The van der Waals surface area contributed by atoms with Crippen molar-refractivity contribution in [3.05, 3.63) is 82.7 Å². The van der Waals surface area contributed by atoms with Crippen molar-refractivity contribution in [1.29, 1.82) is 0 Å². The quantitative estimate of drug-likeness (QED) is 0.159. The third kappa shape index (κ3) is 4.14. The van der Waals surface area contributed by atoms with Gasteiger partial charge in [-0.1, -0.05) is 18.9 Å². The normalized spacial score (nSPS) is 16.4. The van der Waals surface area contributed by atoms with Gasteiger partial charge < -0.3 is 25.8 Å². The Labute approximate surface area is 263 Å². The van der Waals surface area contributed by atoms with Gasteiger partial charge in [-0.05, 0) is 92.5 Å². The zero-order valence-corrected chi connectivity index (χ0v) is 25.7. The highest BCUT2D eigenvalue weighted by molar-refractivity contribution is 6.03. The number of nitrogens with two attached hydrogens (primary N) is 1. The summed E-state index contributed by atoms with van der Waals surface area (Å²) in [5, 5.41) is 14.8. The number of aryl methyl sites for hydroxylation is 2. The molecule has 0 radical (unpaired) electrons. The lowest BCUT2D eigenvalue weighted by atomic mass is 9.76. The number of hydrogen-bond donors (Lipinski definition) is 4. The standard InChI is InChI=1S/C35H34FN7O3/c1-18-23-15-25-26(16-27(23)42(2)30(18)33(45)46)40-34(39-25)35(12-5-13-35)41-32(44)20-8-10-22-28(14-20)43(37)31(24-11-9-21(36)17-38-24)29(22)19-6-3-4-7-19/h8-11,14-17,19H,3-7,12-13,37H2,1-2H3,(H,39,40)(H,41,44)(H,45,46). The molecule has 0 atom stereocenters. The fourth-order valence-corrected chi connectivity index (χ4v) is 7.78. The molecule has 2 saturated carbocycles. The van der Waals surface area contributed by atoms with Crippen LogP contribution in [0.25, 0.3) is 44.2 Å². The van der Waals surface area contributed by atoms with Crippen LogP contribution in [0.15, 0.2) is 48.7 Å². The van der Waals surface area contributed by atoms with Crippen molar-refractivity contribution in [1.82, 2.24) is 29.5 Å². The highest BCUT2D eigenvalue weighted by atomic mass is 19.1. The first-order valence-corrected chi connectivity index (χ1v) is 15.8. The predicted octanol–water partition coefficient (Wildman–Crippen LogP) is 6.40. The number of fused-ring (bicyclic) bond motifs is 3. The van der Waals surface area contributed by atoms with Gasteiger partial charge in [0.05, 0.1) is 45.2 Å². The maximum atomic E-state index is 13.9. The number of aromatic amines is 1. The van der Waals surface area contributed by atoms with E-state index in [4.69, 9.17) is 10.8 Å². The first-order chi connectivity index (χ1) is 22.1. The van der Waals surface area contributed by atoms with Crippen molar-refractivity contribution >= 4 is 44.7 Å². The Balaban J connectivity index is 1.16. The summed E-state index contributed by atoms with van der Waals surface area (Å²) >= 11 is 0. The SMILES string of the molecule is Cc1c(C(=O)O)n(C)c2cc3nc(C4(NC(=O)c5ccc6c(C7CCCC7)c(-c7ccc(F)cn7)n(N)c6c5)CCC4)[nH]c3cc12. The molecular weight excluding hydrogens is 585 g/mol. The van der Waals surface area contributed by atoms with E-state index in [1.54, 1.807) is 22.4 Å². The molecule has 0 bridgehead atoms. The van der Waals surface area contributed by atoms with E-state index in [2.05, 4.69) is 15.3 Å². The number of H-pyrrole nitrogens is 1. The van der Waals surface area contributed by atoms with Crippen LogP contribution < -0.4 is 11.2 Å². The third-order valence-corrected chi connectivity index (χ3v) is 10.3. The largest absolute Gasteiger partial charge is 0.477 e. The molecule has 4 heterocycles.